The summed E-state index contributed by atoms with van der Waals surface area (Å²) in [5.74, 6) is 0. The molecule has 2 aromatic rings. The van der Waals surface area contributed by atoms with E-state index in [9.17, 15) is 0 Å². The van der Waals surface area contributed by atoms with E-state index in [-0.39, 0.29) is 0 Å². The van der Waals surface area contributed by atoms with Gasteiger partial charge in [0, 0.05) is 0 Å². The monoisotopic (exact) mass is 310 g/mol. The van der Waals surface area contributed by atoms with Crippen molar-refractivity contribution in [2.75, 3.05) is 14.1 Å². The van der Waals surface area contributed by atoms with Gasteiger partial charge in [0.2, 0.25) is 8.40 Å². The van der Waals surface area contributed by atoms with Crippen molar-refractivity contribution in [2.24, 2.45) is 0 Å². The molecule has 2 heterocycles. The van der Waals surface area contributed by atoms with E-state index in [1.807, 2.05) is 6.07 Å². The van der Waals surface area contributed by atoms with Crippen molar-refractivity contribution >= 4 is 31.0 Å². The summed E-state index contributed by atoms with van der Waals surface area (Å²) < 4.78 is 4.79. The van der Waals surface area contributed by atoms with Gasteiger partial charge in [-0.1, -0.05) is 39.3 Å². The van der Waals surface area contributed by atoms with Crippen molar-refractivity contribution in [3.05, 3.63) is 23.7 Å². The van der Waals surface area contributed by atoms with Crippen LogP contribution in [-0.2, 0) is 0 Å². The Balaban J connectivity index is 2.79. The number of hydrogen-bond acceptors (Lipinski definition) is 3. The van der Waals surface area contributed by atoms with Crippen molar-refractivity contribution in [1.82, 2.24) is 18.8 Å². The Morgan fingerprint density at radius 1 is 1.15 bits per heavy atom. The van der Waals surface area contributed by atoms with Gasteiger partial charge in [0.1, 0.15) is 17.1 Å². The molecule has 0 unspecified atom stereocenters. The van der Waals surface area contributed by atoms with Gasteiger partial charge in [-0.2, -0.15) is 0 Å². The van der Waals surface area contributed by atoms with E-state index in [1.54, 1.807) is 6.33 Å². The van der Waals surface area contributed by atoms with Crippen LogP contribution in [0.25, 0.3) is 11.0 Å². The third kappa shape index (κ3) is 2.08. The molecule has 0 aliphatic rings. The zero-order chi connectivity index (χ0) is 15.1. The first-order valence-corrected chi connectivity index (χ1v) is 9.41. The largest absolute Gasteiger partial charge is 0.345 e. The van der Waals surface area contributed by atoms with E-state index >= 15 is 0 Å². The summed E-state index contributed by atoms with van der Waals surface area (Å²) in [5, 5.41) is 1.47. The van der Waals surface area contributed by atoms with Crippen molar-refractivity contribution in [3.63, 3.8) is 0 Å². The van der Waals surface area contributed by atoms with Crippen LogP contribution in [0.3, 0.4) is 0 Å². The molecule has 20 heavy (non-hydrogen) atoms. The molecule has 0 saturated carbocycles. The van der Waals surface area contributed by atoms with E-state index in [0.717, 1.165) is 11.0 Å². The Labute approximate surface area is 126 Å². The van der Waals surface area contributed by atoms with Crippen LogP contribution >= 0.6 is 11.6 Å². The SMILES string of the molecule is CC(C)[Si](C(C)C)(N(C)C)n1ccc2c(Cl)ncnc21. The normalized spacial score (nSPS) is 13.1. The smallest absolute Gasteiger partial charge is 0.245 e. The van der Waals surface area contributed by atoms with Gasteiger partial charge >= 0.3 is 0 Å². The van der Waals surface area contributed by atoms with Gasteiger partial charge in [-0.05, 0) is 37.4 Å². The van der Waals surface area contributed by atoms with Crippen LogP contribution in [-0.4, -0.2) is 41.3 Å². The lowest BCUT2D eigenvalue weighted by molar-refractivity contribution is 0.547. The molecule has 0 radical (unpaired) electrons. The minimum absolute atomic E-state index is 0.530. The lowest BCUT2D eigenvalue weighted by Gasteiger charge is -2.45. The first kappa shape index (κ1) is 15.5. The number of halogens is 1. The molecule has 2 aromatic heterocycles. The van der Waals surface area contributed by atoms with Gasteiger partial charge in [0.15, 0.2) is 0 Å². The molecule has 0 N–H and O–H groups in total. The molecule has 4 nitrogen and oxygen atoms in total. The lowest BCUT2D eigenvalue weighted by Crippen LogP contribution is -2.60. The predicted octanol–water partition coefficient (Wildman–Crippen LogP) is 3.76. The van der Waals surface area contributed by atoms with Crippen LogP contribution in [0.1, 0.15) is 27.7 Å². The average molecular weight is 311 g/mol. The molecular formula is C14H23ClN4Si. The Bertz CT molecular complexity index is 584. The molecule has 0 aromatic carbocycles. The zero-order valence-electron chi connectivity index (χ0n) is 13.1. The summed E-state index contributed by atoms with van der Waals surface area (Å²) in [6.07, 6.45) is 3.69. The van der Waals surface area contributed by atoms with Crippen LogP contribution in [0.15, 0.2) is 18.6 Å². The molecule has 0 fully saturated rings. The predicted molar refractivity (Wildman–Crippen MR) is 87.6 cm³/mol. The third-order valence-electron chi connectivity index (χ3n) is 4.23. The number of aromatic nitrogens is 3. The van der Waals surface area contributed by atoms with Crippen molar-refractivity contribution in [1.29, 1.82) is 0 Å². The summed E-state index contributed by atoms with van der Waals surface area (Å²) in [7, 11) is 2.43. The molecule has 0 saturated heterocycles. The Kier molecular flexibility index (Phi) is 4.23. The van der Waals surface area contributed by atoms with Gasteiger partial charge in [0.25, 0.3) is 0 Å². The molecular weight excluding hydrogens is 288 g/mol. The van der Waals surface area contributed by atoms with Crippen LogP contribution in [0.5, 0.6) is 0 Å². The minimum Gasteiger partial charge on any atom is -0.345 e. The molecule has 110 valence electrons. The first-order chi connectivity index (χ1) is 9.33. The second kappa shape index (κ2) is 5.46. The molecule has 6 heteroatoms. The molecule has 0 aliphatic carbocycles. The van der Waals surface area contributed by atoms with E-state index in [2.05, 4.69) is 66.8 Å². The number of rotatable bonds is 4. The van der Waals surface area contributed by atoms with E-state index in [4.69, 9.17) is 11.6 Å². The number of fused-ring (bicyclic) bond motifs is 1. The number of hydrogen-bond donors (Lipinski definition) is 0. The quantitative estimate of drug-likeness (QED) is 0.637. The maximum Gasteiger partial charge on any atom is 0.245 e. The second-order valence-corrected chi connectivity index (χ2v) is 11.7. The topological polar surface area (TPSA) is 34.0 Å². The highest BCUT2D eigenvalue weighted by Crippen LogP contribution is 2.37. The standard InChI is InChI=1S/C14H23ClN4Si/c1-10(2)20(11(3)4,18(5)6)19-8-7-12-13(15)16-9-17-14(12)19/h7-11H,1-6H3. The fourth-order valence-corrected chi connectivity index (χ4v) is 9.65. The summed E-state index contributed by atoms with van der Waals surface area (Å²) >= 11 is 6.20. The van der Waals surface area contributed by atoms with Crippen molar-refractivity contribution in [2.45, 2.75) is 38.8 Å². The third-order valence-corrected chi connectivity index (χ3v) is 10.5. The van der Waals surface area contributed by atoms with Crippen LogP contribution < -0.4 is 0 Å². The summed E-state index contributed by atoms with van der Waals surface area (Å²) in [4.78, 5) is 8.57. The van der Waals surface area contributed by atoms with Gasteiger partial charge in [0.05, 0.1) is 5.39 Å². The van der Waals surface area contributed by atoms with Crippen LogP contribution in [0, 0.1) is 0 Å². The van der Waals surface area contributed by atoms with Crippen molar-refractivity contribution in [3.8, 4) is 0 Å². The van der Waals surface area contributed by atoms with Crippen LogP contribution in [0.2, 0.25) is 16.2 Å². The Morgan fingerprint density at radius 3 is 2.25 bits per heavy atom. The average Bonchev–Trinajstić information content (AvgIpc) is 2.74. The fourth-order valence-electron chi connectivity index (χ4n) is 3.68. The fraction of sp³-hybridized carbons (Fsp3) is 0.571. The summed E-state index contributed by atoms with van der Waals surface area (Å²) in [6.45, 7) is 9.23. The van der Waals surface area contributed by atoms with Crippen LogP contribution in [0.4, 0.5) is 0 Å². The molecule has 0 amide bonds. The molecule has 0 aliphatic heterocycles. The highest BCUT2D eigenvalue weighted by Gasteiger charge is 2.46. The van der Waals surface area contributed by atoms with Gasteiger partial charge in [-0.25, -0.2) is 9.97 Å². The van der Waals surface area contributed by atoms with Gasteiger partial charge in [-0.15, -0.1) is 0 Å². The highest BCUT2D eigenvalue weighted by molar-refractivity contribution is 6.78. The summed E-state index contributed by atoms with van der Waals surface area (Å²) in [5.41, 5.74) is 2.07. The van der Waals surface area contributed by atoms with E-state index in [0.29, 0.717) is 16.2 Å². The minimum atomic E-state index is -1.94. The second-order valence-electron chi connectivity index (χ2n) is 6.07. The van der Waals surface area contributed by atoms with Gasteiger partial charge in [-0.3, -0.25) is 0 Å². The Morgan fingerprint density at radius 2 is 1.75 bits per heavy atom. The number of nitrogens with zero attached hydrogens (tertiary/aromatic N) is 4. The first-order valence-electron chi connectivity index (χ1n) is 6.98. The van der Waals surface area contributed by atoms with Crippen molar-refractivity contribution < 1.29 is 0 Å². The van der Waals surface area contributed by atoms with Gasteiger partial charge < -0.3 is 8.80 Å². The van der Waals surface area contributed by atoms with E-state index in [1.165, 1.54) is 0 Å². The highest BCUT2D eigenvalue weighted by atomic mass is 35.5. The lowest BCUT2D eigenvalue weighted by atomic mass is 10.4. The zero-order valence-corrected chi connectivity index (χ0v) is 14.8. The molecule has 0 spiro atoms. The summed E-state index contributed by atoms with van der Waals surface area (Å²) in [6, 6.07) is 2.04. The maximum atomic E-state index is 6.20. The molecule has 0 atom stereocenters. The van der Waals surface area contributed by atoms with E-state index < -0.39 is 8.40 Å². The Hall–Kier alpha value is -0.913. The molecule has 2 rings (SSSR count). The molecule has 0 bridgehead atoms. The maximum absolute atomic E-state index is 6.20.